The second kappa shape index (κ2) is 5.04. The minimum Gasteiger partial charge on any atom is -0.376 e. The lowest BCUT2D eigenvalue weighted by atomic mass is 10.1. The predicted octanol–water partition coefficient (Wildman–Crippen LogP) is 0.253. The van der Waals surface area contributed by atoms with Crippen molar-refractivity contribution in [3.05, 3.63) is 18.7 Å². The Balaban J connectivity index is 1.93. The smallest absolute Gasteiger partial charge is 0.241 e. The van der Waals surface area contributed by atoms with Crippen LogP contribution in [0.2, 0.25) is 0 Å². The molecule has 2 atom stereocenters. The Morgan fingerprint density at radius 2 is 2.25 bits per heavy atom. The fraction of sp³-hybridized carbons (Fsp3) is 0.500. The Kier molecular flexibility index (Phi) is 3.23. The molecule has 3 heterocycles. The van der Waals surface area contributed by atoms with Gasteiger partial charge in [0.25, 0.3) is 0 Å². The highest BCUT2D eigenvalue weighted by Gasteiger charge is 2.29. The van der Waals surface area contributed by atoms with Crippen molar-refractivity contribution in [3.8, 4) is 5.95 Å². The molecule has 0 spiro atoms. The number of imidazole rings is 1. The molecule has 2 aromatic heterocycles. The number of nitrogen functional groups attached to an aromatic ring is 1. The zero-order chi connectivity index (χ0) is 14.1. The summed E-state index contributed by atoms with van der Waals surface area (Å²) in [7, 11) is 1.95. The number of nitrogens with two attached hydrogens (primary N) is 1. The molecule has 0 radical (unpaired) electrons. The third-order valence-corrected chi connectivity index (χ3v) is 3.51. The van der Waals surface area contributed by atoms with E-state index < -0.39 is 0 Å². The normalized spacial score (nSPS) is 22.1. The molecule has 8 heteroatoms. The van der Waals surface area contributed by atoms with Crippen molar-refractivity contribution in [1.29, 1.82) is 0 Å². The van der Waals surface area contributed by atoms with Gasteiger partial charge < -0.3 is 15.4 Å². The lowest BCUT2D eigenvalue weighted by molar-refractivity contribution is 0.118. The van der Waals surface area contributed by atoms with Crippen molar-refractivity contribution >= 4 is 11.9 Å². The lowest BCUT2D eigenvalue weighted by Gasteiger charge is -2.26. The Hall–Kier alpha value is -2.22. The van der Waals surface area contributed by atoms with E-state index in [-0.39, 0.29) is 18.1 Å². The summed E-state index contributed by atoms with van der Waals surface area (Å²) in [6, 6.07) is 0.243. The molecule has 1 aliphatic heterocycles. The Bertz CT molecular complexity index is 585. The van der Waals surface area contributed by atoms with Crippen molar-refractivity contribution in [2.45, 2.75) is 25.5 Å². The monoisotopic (exact) mass is 275 g/mol. The highest BCUT2D eigenvalue weighted by molar-refractivity contribution is 5.38. The van der Waals surface area contributed by atoms with Gasteiger partial charge >= 0.3 is 0 Å². The summed E-state index contributed by atoms with van der Waals surface area (Å²) >= 11 is 0. The van der Waals surface area contributed by atoms with Gasteiger partial charge in [0.2, 0.25) is 17.8 Å². The summed E-state index contributed by atoms with van der Waals surface area (Å²) in [6.07, 6.45) is 6.15. The van der Waals surface area contributed by atoms with Gasteiger partial charge in [-0.3, -0.25) is 4.57 Å². The summed E-state index contributed by atoms with van der Waals surface area (Å²) in [5.74, 6) is 1.20. The van der Waals surface area contributed by atoms with E-state index in [9.17, 15) is 0 Å². The summed E-state index contributed by atoms with van der Waals surface area (Å²) in [5, 5.41) is 0. The Labute approximate surface area is 116 Å². The van der Waals surface area contributed by atoms with Crippen LogP contribution in [0.5, 0.6) is 0 Å². The van der Waals surface area contributed by atoms with Crippen LogP contribution in [0.1, 0.15) is 13.3 Å². The summed E-state index contributed by atoms with van der Waals surface area (Å²) in [4.78, 5) is 18.8. The van der Waals surface area contributed by atoms with Gasteiger partial charge in [0, 0.05) is 26.0 Å². The average Bonchev–Trinajstić information content (AvgIpc) is 3.08. The fourth-order valence-corrected chi connectivity index (χ4v) is 2.40. The van der Waals surface area contributed by atoms with Crippen LogP contribution in [0.3, 0.4) is 0 Å². The predicted molar refractivity (Wildman–Crippen MR) is 73.6 cm³/mol. The number of aromatic nitrogens is 5. The molecule has 3 rings (SSSR count). The first-order valence-electron chi connectivity index (χ1n) is 6.49. The molecule has 2 N–H and O–H groups in total. The van der Waals surface area contributed by atoms with E-state index in [1.165, 1.54) is 0 Å². The largest absolute Gasteiger partial charge is 0.376 e. The minimum atomic E-state index is 0.148. The average molecular weight is 275 g/mol. The van der Waals surface area contributed by atoms with Gasteiger partial charge in [-0.15, -0.1) is 0 Å². The molecule has 1 saturated heterocycles. The fourth-order valence-electron chi connectivity index (χ4n) is 2.40. The zero-order valence-corrected chi connectivity index (χ0v) is 11.5. The summed E-state index contributed by atoms with van der Waals surface area (Å²) < 4.78 is 7.28. The van der Waals surface area contributed by atoms with Crippen LogP contribution in [-0.4, -0.2) is 50.3 Å². The van der Waals surface area contributed by atoms with E-state index in [1.54, 1.807) is 23.3 Å². The number of hydrogen-bond donors (Lipinski definition) is 1. The van der Waals surface area contributed by atoms with Gasteiger partial charge in [0.1, 0.15) is 6.33 Å². The molecule has 2 unspecified atom stereocenters. The van der Waals surface area contributed by atoms with Gasteiger partial charge in [0.05, 0.1) is 12.1 Å². The SMILES string of the molecule is CC1OCCC1N(C)c1nc(N)nc(-n2ccnc2)n1. The van der Waals surface area contributed by atoms with Crippen molar-refractivity contribution in [2.75, 3.05) is 24.3 Å². The molecule has 0 amide bonds. The van der Waals surface area contributed by atoms with Gasteiger partial charge in [-0.2, -0.15) is 15.0 Å². The van der Waals surface area contributed by atoms with Gasteiger partial charge in [-0.05, 0) is 13.3 Å². The number of anilines is 2. The number of nitrogens with zero attached hydrogens (tertiary/aromatic N) is 6. The first-order valence-corrected chi connectivity index (χ1v) is 6.49. The number of likely N-dealkylation sites (N-methyl/N-ethyl adjacent to an activating group) is 1. The van der Waals surface area contributed by atoms with Crippen LogP contribution < -0.4 is 10.6 Å². The highest BCUT2D eigenvalue weighted by atomic mass is 16.5. The minimum absolute atomic E-state index is 0.148. The quantitative estimate of drug-likeness (QED) is 0.858. The van der Waals surface area contributed by atoms with Gasteiger partial charge in [-0.25, -0.2) is 4.98 Å². The Morgan fingerprint density at radius 3 is 2.90 bits per heavy atom. The second-order valence-electron chi connectivity index (χ2n) is 4.81. The van der Waals surface area contributed by atoms with Crippen LogP contribution in [0, 0.1) is 0 Å². The van der Waals surface area contributed by atoms with E-state index >= 15 is 0 Å². The molecule has 0 bridgehead atoms. The van der Waals surface area contributed by atoms with Crippen molar-refractivity contribution in [1.82, 2.24) is 24.5 Å². The molecular formula is C12H17N7O. The van der Waals surface area contributed by atoms with E-state index in [2.05, 4.69) is 26.9 Å². The van der Waals surface area contributed by atoms with Crippen molar-refractivity contribution in [2.24, 2.45) is 0 Å². The van der Waals surface area contributed by atoms with E-state index in [1.807, 2.05) is 11.9 Å². The lowest BCUT2D eigenvalue weighted by Crippen LogP contribution is -2.38. The van der Waals surface area contributed by atoms with Crippen LogP contribution in [0.4, 0.5) is 11.9 Å². The van der Waals surface area contributed by atoms with E-state index in [0.717, 1.165) is 13.0 Å². The molecule has 2 aromatic rings. The first kappa shape index (κ1) is 12.8. The molecule has 20 heavy (non-hydrogen) atoms. The number of ether oxygens (including phenoxy) is 1. The maximum Gasteiger partial charge on any atom is 0.241 e. The van der Waals surface area contributed by atoms with Gasteiger partial charge in [0.15, 0.2) is 0 Å². The van der Waals surface area contributed by atoms with Gasteiger partial charge in [-0.1, -0.05) is 0 Å². The standard InChI is InChI=1S/C12H17N7O/c1-8-9(3-6-20-8)18(2)11-15-10(13)16-12(17-11)19-5-4-14-7-19/h4-5,7-9H,3,6H2,1-2H3,(H2,13,15,16,17). The number of rotatable bonds is 3. The number of hydrogen-bond acceptors (Lipinski definition) is 7. The van der Waals surface area contributed by atoms with Crippen LogP contribution in [-0.2, 0) is 4.74 Å². The Morgan fingerprint density at radius 1 is 1.40 bits per heavy atom. The zero-order valence-electron chi connectivity index (χ0n) is 11.5. The van der Waals surface area contributed by atoms with Crippen molar-refractivity contribution in [3.63, 3.8) is 0 Å². The van der Waals surface area contributed by atoms with E-state index in [0.29, 0.717) is 11.9 Å². The topological polar surface area (TPSA) is 95.0 Å². The highest BCUT2D eigenvalue weighted by Crippen LogP contribution is 2.22. The molecule has 0 saturated carbocycles. The van der Waals surface area contributed by atoms with Crippen LogP contribution >= 0.6 is 0 Å². The van der Waals surface area contributed by atoms with Crippen LogP contribution in [0.25, 0.3) is 5.95 Å². The molecule has 0 aromatic carbocycles. The molecular weight excluding hydrogens is 258 g/mol. The summed E-state index contributed by atoms with van der Waals surface area (Å²) in [6.45, 7) is 2.81. The molecule has 1 aliphatic rings. The second-order valence-corrected chi connectivity index (χ2v) is 4.81. The first-order chi connectivity index (χ1) is 9.65. The molecule has 1 fully saturated rings. The maximum absolute atomic E-state index is 5.78. The molecule has 106 valence electrons. The maximum atomic E-state index is 5.78. The van der Waals surface area contributed by atoms with E-state index in [4.69, 9.17) is 10.5 Å². The third kappa shape index (κ3) is 2.29. The van der Waals surface area contributed by atoms with Crippen molar-refractivity contribution < 1.29 is 4.74 Å². The third-order valence-electron chi connectivity index (χ3n) is 3.51. The molecule has 8 nitrogen and oxygen atoms in total. The molecule has 0 aliphatic carbocycles. The van der Waals surface area contributed by atoms with Crippen LogP contribution in [0.15, 0.2) is 18.7 Å². The summed E-state index contributed by atoms with van der Waals surface area (Å²) in [5.41, 5.74) is 5.78.